The van der Waals surface area contributed by atoms with E-state index in [0.717, 1.165) is 23.7 Å². The summed E-state index contributed by atoms with van der Waals surface area (Å²) in [6.45, 7) is 2.46. The molecule has 0 N–H and O–H groups in total. The van der Waals surface area contributed by atoms with Crippen LogP contribution in [0.15, 0.2) is 29.1 Å². The molecule has 2 aliphatic rings. The lowest BCUT2D eigenvalue weighted by Gasteiger charge is -2.20. The lowest BCUT2D eigenvalue weighted by atomic mass is 10.1. The van der Waals surface area contributed by atoms with Gasteiger partial charge in [-0.3, -0.25) is 9.36 Å². The second-order valence-corrected chi connectivity index (χ2v) is 7.46. The molecule has 1 aliphatic carbocycles. The first kappa shape index (κ1) is 17.8. The first-order valence-corrected chi connectivity index (χ1v) is 9.71. The molecule has 1 amide bonds. The molecule has 1 aromatic carbocycles. The molecule has 4 rings (SSSR count). The fraction of sp³-hybridized carbons (Fsp3) is 0.550. The van der Waals surface area contributed by atoms with Crippen molar-refractivity contribution in [3.63, 3.8) is 0 Å². The Morgan fingerprint density at radius 2 is 2.11 bits per heavy atom. The highest BCUT2D eigenvalue weighted by atomic mass is 16.5. The fourth-order valence-corrected chi connectivity index (χ4v) is 3.61. The Balaban J connectivity index is 1.35. The summed E-state index contributed by atoms with van der Waals surface area (Å²) in [6.07, 6.45) is 4.18. The number of aromatic nitrogens is 3. The highest BCUT2D eigenvalue weighted by Crippen LogP contribution is 2.29. The van der Waals surface area contributed by atoms with Gasteiger partial charge in [-0.1, -0.05) is 12.1 Å². The molecular weight excluding hydrogens is 344 g/mol. The van der Waals surface area contributed by atoms with Crippen molar-refractivity contribution in [1.29, 1.82) is 0 Å². The summed E-state index contributed by atoms with van der Waals surface area (Å²) in [5.74, 6) is 2.37. The second kappa shape index (κ2) is 7.58. The van der Waals surface area contributed by atoms with Crippen LogP contribution in [0.5, 0.6) is 5.75 Å². The number of carbonyl (C=O) groups is 1. The third-order valence-corrected chi connectivity index (χ3v) is 5.44. The van der Waals surface area contributed by atoms with Crippen molar-refractivity contribution in [2.75, 3.05) is 20.2 Å². The zero-order valence-electron chi connectivity index (χ0n) is 15.8. The van der Waals surface area contributed by atoms with Crippen molar-refractivity contribution in [2.24, 2.45) is 5.92 Å². The molecule has 2 heterocycles. The Morgan fingerprint density at radius 1 is 1.26 bits per heavy atom. The normalized spacial score (nSPS) is 16.7. The lowest BCUT2D eigenvalue weighted by Crippen LogP contribution is -2.35. The SMILES string of the molecule is COc1cccc(CCC(=O)N2CCc3nn(CC4CC4)c(=O)n3CC2)c1. The number of rotatable bonds is 6. The van der Waals surface area contributed by atoms with Gasteiger partial charge in [0.15, 0.2) is 0 Å². The van der Waals surface area contributed by atoms with E-state index in [1.807, 2.05) is 29.2 Å². The van der Waals surface area contributed by atoms with Gasteiger partial charge in [-0.05, 0) is 42.9 Å². The van der Waals surface area contributed by atoms with Gasteiger partial charge in [0.05, 0.1) is 7.11 Å². The quantitative estimate of drug-likeness (QED) is 0.772. The molecular formula is C20H26N4O3. The summed E-state index contributed by atoms with van der Waals surface area (Å²) in [4.78, 5) is 27.0. The molecule has 0 spiro atoms. The summed E-state index contributed by atoms with van der Waals surface area (Å²) >= 11 is 0. The predicted molar refractivity (Wildman–Crippen MR) is 101 cm³/mol. The lowest BCUT2D eigenvalue weighted by molar-refractivity contribution is -0.131. The maximum atomic E-state index is 12.6. The molecule has 27 heavy (non-hydrogen) atoms. The van der Waals surface area contributed by atoms with Crippen molar-refractivity contribution < 1.29 is 9.53 Å². The van der Waals surface area contributed by atoms with Gasteiger partial charge in [-0.15, -0.1) is 0 Å². The van der Waals surface area contributed by atoms with E-state index in [1.54, 1.807) is 16.4 Å². The van der Waals surface area contributed by atoms with E-state index in [2.05, 4.69) is 5.10 Å². The predicted octanol–water partition coefficient (Wildman–Crippen LogP) is 1.48. The van der Waals surface area contributed by atoms with Gasteiger partial charge in [0, 0.05) is 39.0 Å². The topological polar surface area (TPSA) is 69.4 Å². The summed E-state index contributed by atoms with van der Waals surface area (Å²) in [6, 6.07) is 7.82. The van der Waals surface area contributed by atoms with Crippen LogP contribution in [0.4, 0.5) is 0 Å². The van der Waals surface area contributed by atoms with E-state index in [4.69, 9.17) is 4.74 Å². The maximum absolute atomic E-state index is 12.6. The van der Waals surface area contributed by atoms with Crippen LogP contribution in [0, 0.1) is 5.92 Å². The molecule has 144 valence electrons. The van der Waals surface area contributed by atoms with Gasteiger partial charge >= 0.3 is 5.69 Å². The Morgan fingerprint density at radius 3 is 2.89 bits per heavy atom. The van der Waals surface area contributed by atoms with Crippen LogP contribution in [-0.4, -0.2) is 45.4 Å². The number of amides is 1. The number of methoxy groups -OCH3 is 1. The number of benzene rings is 1. The number of nitrogens with zero attached hydrogens (tertiary/aromatic N) is 4. The van der Waals surface area contributed by atoms with Crippen LogP contribution in [-0.2, 0) is 30.7 Å². The van der Waals surface area contributed by atoms with Crippen molar-refractivity contribution in [3.8, 4) is 5.75 Å². The summed E-state index contributed by atoms with van der Waals surface area (Å²) in [5.41, 5.74) is 1.07. The highest BCUT2D eigenvalue weighted by Gasteiger charge is 2.26. The zero-order chi connectivity index (χ0) is 18.8. The van der Waals surface area contributed by atoms with E-state index >= 15 is 0 Å². The van der Waals surface area contributed by atoms with Gasteiger partial charge in [0.2, 0.25) is 5.91 Å². The van der Waals surface area contributed by atoms with Crippen molar-refractivity contribution in [3.05, 3.63) is 46.1 Å². The second-order valence-electron chi connectivity index (χ2n) is 7.46. The first-order valence-electron chi connectivity index (χ1n) is 9.71. The Kier molecular flexibility index (Phi) is 5.01. The minimum absolute atomic E-state index is 0.0254. The third kappa shape index (κ3) is 4.07. The van der Waals surface area contributed by atoms with Gasteiger partial charge in [0.1, 0.15) is 11.6 Å². The number of fused-ring (bicyclic) bond motifs is 1. The van der Waals surface area contributed by atoms with E-state index in [-0.39, 0.29) is 11.6 Å². The van der Waals surface area contributed by atoms with Gasteiger partial charge in [-0.25, -0.2) is 9.48 Å². The number of hydrogen-bond acceptors (Lipinski definition) is 4. The van der Waals surface area contributed by atoms with Crippen LogP contribution < -0.4 is 10.4 Å². The van der Waals surface area contributed by atoms with E-state index in [0.29, 0.717) is 44.8 Å². The molecule has 0 unspecified atom stereocenters. The monoisotopic (exact) mass is 370 g/mol. The Hall–Kier alpha value is -2.57. The molecule has 2 aromatic rings. The fourth-order valence-electron chi connectivity index (χ4n) is 3.61. The number of carbonyl (C=O) groups excluding carboxylic acids is 1. The molecule has 1 aromatic heterocycles. The van der Waals surface area contributed by atoms with Crippen molar-refractivity contribution >= 4 is 5.91 Å². The first-order chi connectivity index (χ1) is 13.1. The van der Waals surface area contributed by atoms with E-state index < -0.39 is 0 Å². The minimum Gasteiger partial charge on any atom is -0.497 e. The molecule has 1 fully saturated rings. The van der Waals surface area contributed by atoms with Crippen LogP contribution in [0.3, 0.4) is 0 Å². The average Bonchev–Trinajstić information content (AvgIpc) is 3.48. The molecule has 0 saturated heterocycles. The van der Waals surface area contributed by atoms with Crippen LogP contribution in [0.25, 0.3) is 0 Å². The van der Waals surface area contributed by atoms with Gasteiger partial charge in [0.25, 0.3) is 0 Å². The molecule has 7 heteroatoms. The molecule has 0 atom stereocenters. The van der Waals surface area contributed by atoms with Crippen molar-refractivity contribution in [2.45, 2.75) is 45.2 Å². The largest absolute Gasteiger partial charge is 0.497 e. The summed E-state index contributed by atoms with van der Waals surface area (Å²) in [5, 5.41) is 4.51. The third-order valence-electron chi connectivity index (χ3n) is 5.44. The number of aryl methyl sites for hydroxylation is 1. The maximum Gasteiger partial charge on any atom is 0.345 e. The van der Waals surface area contributed by atoms with Crippen LogP contribution in [0.2, 0.25) is 0 Å². The minimum atomic E-state index is -0.0254. The summed E-state index contributed by atoms with van der Waals surface area (Å²) < 4.78 is 8.60. The Labute approximate surface area is 158 Å². The van der Waals surface area contributed by atoms with Crippen LogP contribution in [0.1, 0.15) is 30.7 Å². The molecule has 1 aliphatic heterocycles. The molecule has 1 saturated carbocycles. The van der Waals surface area contributed by atoms with E-state index in [1.165, 1.54) is 12.8 Å². The van der Waals surface area contributed by atoms with Crippen LogP contribution >= 0.6 is 0 Å². The summed E-state index contributed by atoms with van der Waals surface area (Å²) in [7, 11) is 1.64. The highest BCUT2D eigenvalue weighted by molar-refractivity contribution is 5.76. The average molecular weight is 370 g/mol. The van der Waals surface area contributed by atoms with Gasteiger partial charge in [-0.2, -0.15) is 5.10 Å². The standard InChI is InChI=1S/C20H26N4O3/c1-27-17-4-2-3-15(13-17)7-8-19(25)22-10-9-18-21-24(14-16-5-6-16)20(26)23(18)12-11-22/h2-4,13,16H,5-12,14H2,1H3. The molecule has 7 nitrogen and oxygen atoms in total. The number of hydrogen-bond donors (Lipinski definition) is 0. The smallest absolute Gasteiger partial charge is 0.345 e. The van der Waals surface area contributed by atoms with Gasteiger partial charge < -0.3 is 9.64 Å². The number of ether oxygens (including phenoxy) is 1. The Bertz CT molecular complexity index is 882. The molecule has 0 radical (unpaired) electrons. The van der Waals surface area contributed by atoms with Crippen molar-refractivity contribution in [1.82, 2.24) is 19.2 Å². The van der Waals surface area contributed by atoms with E-state index in [9.17, 15) is 9.59 Å². The zero-order valence-corrected chi connectivity index (χ0v) is 15.8. The molecule has 0 bridgehead atoms.